The Morgan fingerprint density at radius 3 is 2.58 bits per heavy atom. The van der Waals surface area contributed by atoms with Crippen molar-refractivity contribution in [2.75, 3.05) is 23.3 Å². The first-order valence-electron chi connectivity index (χ1n) is 9.49. The topological polar surface area (TPSA) is 120 Å². The van der Waals surface area contributed by atoms with Crippen LogP contribution in [0.15, 0.2) is 47.4 Å². The maximum Gasteiger partial charge on any atom is 0.262 e. The molecule has 1 amide bonds. The van der Waals surface area contributed by atoms with Gasteiger partial charge in [0.25, 0.3) is 15.9 Å². The van der Waals surface area contributed by atoms with Gasteiger partial charge in [0.1, 0.15) is 18.2 Å². The number of aromatic nitrogens is 2. The van der Waals surface area contributed by atoms with Crippen LogP contribution in [0.1, 0.15) is 35.1 Å². The molecule has 162 valence electrons. The van der Waals surface area contributed by atoms with Crippen LogP contribution in [0.4, 0.5) is 10.8 Å². The van der Waals surface area contributed by atoms with Crippen LogP contribution in [0.25, 0.3) is 0 Å². The molecule has 2 N–H and O–H groups in total. The molecular formula is C20H20N4O5S2. The number of nitrogens with one attached hydrogen (secondary N) is 2. The molecule has 0 unspecified atom stereocenters. The third kappa shape index (κ3) is 4.78. The van der Waals surface area contributed by atoms with Gasteiger partial charge in [-0.1, -0.05) is 31.3 Å². The second kappa shape index (κ2) is 8.52. The van der Waals surface area contributed by atoms with Gasteiger partial charge in [-0.2, -0.15) is 0 Å². The zero-order chi connectivity index (χ0) is 22.0. The molecule has 3 aromatic rings. The minimum Gasteiger partial charge on any atom is -0.486 e. The van der Waals surface area contributed by atoms with Gasteiger partial charge in [0.05, 0.1) is 4.90 Å². The molecule has 0 radical (unpaired) electrons. The third-order valence-corrected chi connectivity index (χ3v) is 6.87. The summed E-state index contributed by atoms with van der Waals surface area (Å²) in [5.74, 6) is 0.675. The highest BCUT2D eigenvalue weighted by molar-refractivity contribution is 7.92. The van der Waals surface area contributed by atoms with Gasteiger partial charge in [-0.15, -0.1) is 10.2 Å². The Labute approximate surface area is 183 Å². The van der Waals surface area contributed by atoms with E-state index < -0.39 is 15.9 Å². The molecule has 9 nitrogen and oxygen atoms in total. The number of hydrogen-bond acceptors (Lipinski definition) is 8. The fourth-order valence-electron chi connectivity index (χ4n) is 2.82. The lowest BCUT2D eigenvalue weighted by molar-refractivity contribution is 0.102. The highest BCUT2D eigenvalue weighted by atomic mass is 32.2. The molecule has 0 fully saturated rings. The molecule has 0 saturated heterocycles. The van der Waals surface area contributed by atoms with E-state index in [0.29, 0.717) is 29.8 Å². The van der Waals surface area contributed by atoms with Crippen molar-refractivity contribution in [2.45, 2.75) is 24.7 Å². The quantitative estimate of drug-likeness (QED) is 0.578. The predicted octanol–water partition coefficient (Wildman–Crippen LogP) is 3.49. The summed E-state index contributed by atoms with van der Waals surface area (Å²) in [6.45, 7) is 4.75. The van der Waals surface area contributed by atoms with Crippen LogP contribution in [0.5, 0.6) is 11.5 Å². The number of ether oxygens (including phenoxy) is 2. The van der Waals surface area contributed by atoms with E-state index in [-0.39, 0.29) is 22.1 Å². The number of carbonyl (C=O) groups excluding carboxylic acids is 1. The van der Waals surface area contributed by atoms with Crippen molar-refractivity contribution < 1.29 is 22.7 Å². The Morgan fingerprint density at radius 2 is 1.84 bits per heavy atom. The number of anilines is 2. The van der Waals surface area contributed by atoms with Crippen LogP contribution in [-0.2, 0) is 10.0 Å². The summed E-state index contributed by atoms with van der Waals surface area (Å²) in [5.41, 5.74) is 0.534. The van der Waals surface area contributed by atoms with Crippen LogP contribution in [-0.4, -0.2) is 37.7 Å². The van der Waals surface area contributed by atoms with Crippen LogP contribution in [0.3, 0.4) is 0 Å². The monoisotopic (exact) mass is 460 g/mol. The molecule has 0 bridgehead atoms. The number of sulfonamides is 1. The van der Waals surface area contributed by atoms with Crippen molar-refractivity contribution in [3.8, 4) is 11.5 Å². The van der Waals surface area contributed by atoms with Crippen molar-refractivity contribution >= 4 is 38.1 Å². The second-order valence-electron chi connectivity index (χ2n) is 7.05. The van der Waals surface area contributed by atoms with E-state index in [0.717, 1.165) is 5.01 Å². The smallest absolute Gasteiger partial charge is 0.262 e. The van der Waals surface area contributed by atoms with Crippen LogP contribution < -0.4 is 19.5 Å². The molecule has 11 heteroatoms. The highest BCUT2D eigenvalue weighted by Gasteiger charge is 2.20. The van der Waals surface area contributed by atoms with Crippen LogP contribution in [0, 0.1) is 0 Å². The first-order chi connectivity index (χ1) is 14.8. The van der Waals surface area contributed by atoms with Gasteiger partial charge in [-0.25, -0.2) is 8.42 Å². The molecule has 4 rings (SSSR count). The molecule has 2 heterocycles. The zero-order valence-corrected chi connectivity index (χ0v) is 18.4. The van der Waals surface area contributed by atoms with Crippen molar-refractivity contribution in [2.24, 2.45) is 0 Å². The number of hydrogen-bond donors (Lipinski definition) is 2. The predicted molar refractivity (Wildman–Crippen MR) is 117 cm³/mol. The molecule has 0 aliphatic carbocycles. The van der Waals surface area contributed by atoms with E-state index in [2.05, 4.69) is 20.2 Å². The number of rotatable bonds is 6. The van der Waals surface area contributed by atoms with Gasteiger partial charge in [0, 0.05) is 23.2 Å². The average Bonchev–Trinajstić information content (AvgIpc) is 3.22. The minimum atomic E-state index is -3.89. The lowest BCUT2D eigenvalue weighted by Gasteiger charge is -2.19. The lowest BCUT2D eigenvalue weighted by Crippen LogP contribution is -2.17. The molecule has 1 aliphatic rings. The van der Waals surface area contributed by atoms with Crippen molar-refractivity contribution in [1.82, 2.24) is 10.2 Å². The Bertz CT molecular complexity index is 1220. The van der Waals surface area contributed by atoms with Gasteiger partial charge in [0.15, 0.2) is 11.5 Å². The first-order valence-corrected chi connectivity index (χ1v) is 11.8. The fraction of sp³-hybridized carbons (Fsp3) is 0.250. The Kier molecular flexibility index (Phi) is 5.79. The number of fused-ring (bicyclic) bond motifs is 1. The Hall–Kier alpha value is -3.18. The van der Waals surface area contributed by atoms with Crippen molar-refractivity contribution in [3.63, 3.8) is 0 Å². The maximum absolute atomic E-state index is 12.8. The molecule has 31 heavy (non-hydrogen) atoms. The third-order valence-electron chi connectivity index (χ3n) is 4.36. The number of nitrogens with zero attached hydrogens (tertiary/aromatic N) is 2. The minimum absolute atomic E-state index is 0.0293. The number of carbonyl (C=O) groups is 1. The summed E-state index contributed by atoms with van der Waals surface area (Å²) < 4.78 is 39.0. The lowest BCUT2D eigenvalue weighted by atomic mass is 10.2. The molecule has 0 atom stereocenters. The van der Waals surface area contributed by atoms with Gasteiger partial charge in [-0.3, -0.25) is 14.8 Å². The summed E-state index contributed by atoms with van der Waals surface area (Å²) in [6, 6.07) is 10.6. The summed E-state index contributed by atoms with van der Waals surface area (Å²) in [7, 11) is -3.89. The highest BCUT2D eigenvalue weighted by Crippen LogP contribution is 2.33. The second-order valence-corrected chi connectivity index (χ2v) is 9.74. The van der Waals surface area contributed by atoms with E-state index in [1.165, 1.54) is 29.5 Å². The SMILES string of the molecule is CC(C)c1nnc(NC(=O)c2cccc(NS(=O)(=O)c3ccc4c(c3)OCCO4)c2)s1. The molecule has 1 aliphatic heterocycles. The fourth-order valence-corrected chi connectivity index (χ4v) is 4.62. The summed E-state index contributed by atoms with van der Waals surface area (Å²) in [4.78, 5) is 12.6. The zero-order valence-electron chi connectivity index (χ0n) is 16.8. The standard InChI is InChI=1S/C20H20N4O5S2/c1-12(2)19-22-23-20(30-19)21-18(25)13-4-3-5-14(10-13)24-31(26,27)15-6-7-16-17(11-15)29-9-8-28-16/h3-7,10-12,24H,8-9H2,1-2H3,(H,21,23,25). The average molecular weight is 461 g/mol. The first kappa shape index (κ1) is 21.1. The summed E-state index contributed by atoms with van der Waals surface area (Å²) in [5, 5.41) is 11.9. The van der Waals surface area contributed by atoms with Crippen molar-refractivity contribution in [3.05, 3.63) is 53.0 Å². The van der Waals surface area contributed by atoms with E-state index >= 15 is 0 Å². The van der Waals surface area contributed by atoms with E-state index in [9.17, 15) is 13.2 Å². The Morgan fingerprint density at radius 1 is 1.06 bits per heavy atom. The molecular weight excluding hydrogens is 440 g/mol. The van der Waals surface area contributed by atoms with Gasteiger partial charge >= 0.3 is 0 Å². The molecule has 0 spiro atoms. The molecule has 1 aromatic heterocycles. The normalized spacial score (nSPS) is 13.1. The van der Waals surface area contributed by atoms with Crippen molar-refractivity contribution in [1.29, 1.82) is 0 Å². The van der Waals surface area contributed by atoms with E-state index in [1.807, 2.05) is 13.8 Å². The number of amides is 1. The molecule has 0 saturated carbocycles. The van der Waals surface area contributed by atoms with Gasteiger partial charge < -0.3 is 9.47 Å². The van der Waals surface area contributed by atoms with Gasteiger partial charge in [0.2, 0.25) is 5.13 Å². The summed E-state index contributed by atoms with van der Waals surface area (Å²) >= 11 is 1.30. The number of benzene rings is 2. The van der Waals surface area contributed by atoms with E-state index in [4.69, 9.17) is 9.47 Å². The summed E-state index contributed by atoms with van der Waals surface area (Å²) in [6.07, 6.45) is 0. The largest absolute Gasteiger partial charge is 0.486 e. The van der Waals surface area contributed by atoms with Gasteiger partial charge in [-0.05, 0) is 30.3 Å². The van der Waals surface area contributed by atoms with Crippen LogP contribution in [0.2, 0.25) is 0 Å². The molecule has 2 aromatic carbocycles. The Balaban J connectivity index is 1.50. The van der Waals surface area contributed by atoms with Crippen LogP contribution >= 0.6 is 11.3 Å². The van der Waals surface area contributed by atoms with E-state index in [1.54, 1.807) is 24.3 Å². The maximum atomic E-state index is 12.8.